The number of likely N-dealkylation sites (tertiary alicyclic amines) is 1. The summed E-state index contributed by atoms with van der Waals surface area (Å²) in [6.07, 6.45) is 4.47. The maximum atomic E-state index is 12.6. The van der Waals surface area contributed by atoms with Gasteiger partial charge in [0.05, 0.1) is 10.6 Å². The first kappa shape index (κ1) is 18.1. The SMILES string of the molecule is CC(=O)N1CCc2nc(C3CCN(C(=O)c4ccc(C)s4)CC3)ncc2C1. The third kappa shape index (κ3) is 3.74. The first-order valence-electron chi connectivity index (χ1n) is 9.47. The first-order valence-corrected chi connectivity index (χ1v) is 10.3. The van der Waals surface area contributed by atoms with Crippen LogP contribution in [0.15, 0.2) is 18.3 Å². The molecule has 0 bridgehead atoms. The van der Waals surface area contributed by atoms with Gasteiger partial charge in [-0.2, -0.15) is 0 Å². The molecule has 1 fully saturated rings. The van der Waals surface area contributed by atoms with Gasteiger partial charge in [0.1, 0.15) is 5.82 Å². The maximum Gasteiger partial charge on any atom is 0.263 e. The summed E-state index contributed by atoms with van der Waals surface area (Å²) in [5.41, 5.74) is 2.13. The molecule has 0 N–H and O–H groups in total. The van der Waals surface area contributed by atoms with E-state index in [2.05, 4.69) is 4.98 Å². The summed E-state index contributed by atoms with van der Waals surface area (Å²) < 4.78 is 0. The van der Waals surface area contributed by atoms with Crippen molar-refractivity contribution in [2.75, 3.05) is 19.6 Å². The lowest BCUT2D eigenvalue weighted by molar-refractivity contribution is -0.129. The number of amides is 2. The number of fused-ring (bicyclic) bond motifs is 1. The van der Waals surface area contributed by atoms with Crippen LogP contribution in [0.5, 0.6) is 0 Å². The zero-order valence-electron chi connectivity index (χ0n) is 15.8. The van der Waals surface area contributed by atoms with Gasteiger partial charge < -0.3 is 9.80 Å². The second kappa shape index (κ2) is 7.38. The summed E-state index contributed by atoms with van der Waals surface area (Å²) in [7, 11) is 0. The van der Waals surface area contributed by atoms with Crippen molar-refractivity contribution in [1.29, 1.82) is 0 Å². The van der Waals surface area contributed by atoms with Crippen LogP contribution >= 0.6 is 11.3 Å². The Balaban J connectivity index is 1.40. The average Bonchev–Trinajstić information content (AvgIpc) is 3.13. The van der Waals surface area contributed by atoms with Crippen LogP contribution in [0.2, 0.25) is 0 Å². The van der Waals surface area contributed by atoms with Gasteiger partial charge in [0.2, 0.25) is 5.91 Å². The van der Waals surface area contributed by atoms with Crippen molar-refractivity contribution in [3.05, 3.63) is 45.2 Å². The van der Waals surface area contributed by atoms with Gasteiger partial charge in [-0.3, -0.25) is 9.59 Å². The van der Waals surface area contributed by atoms with E-state index in [9.17, 15) is 9.59 Å². The van der Waals surface area contributed by atoms with Gasteiger partial charge >= 0.3 is 0 Å². The minimum absolute atomic E-state index is 0.0997. The molecule has 6 nitrogen and oxygen atoms in total. The summed E-state index contributed by atoms with van der Waals surface area (Å²) in [5.74, 6) is 1.43. The molecule has 2 aromatic heterocycles. The molecule has 0 radical (unpaired) electrons. The number of hydrogen-bond donors (Lipinski definition) is 0. The van der Waals surface area contributed by atoms with Crippen molar-refractivity contribution < 1.29 is 9.59 Å². The Morgan fingerprint density at radius 2 is 1.93 bits per heavy atom. The molecule has 0 aromatic carbocycles. The number of hydrogen-bond acceptors (Lipinski definition) is 5. The molecular weight excluding hydrogens is 360 g/mol. The summed E-state index contributed by atoms with van der Waals surface area (Å²) in [6.45, 7) is 6.46. The standard InChI is InChI=1S/C20H24N4O2S/c1-13-3-4-18(27-13)20(26)23-8-5-15(6-9-23)19-21-11-16-12-24(14(2)25)10-7-17(16)22-19/h3-4,11,15H,5-10,12H2,1-2H3. The number of carbonyl (C=O) groups excluding carboxylic acids is 2. The molecule has 0 unspecified atom stereocenters. The van der Waals surface area contributed by atoms with Gasteiger partial charge in [-0.1, -0.05) is 0 Å². The van der Waals surface area contributed by atoms with Crippen LogP contribution in [-0.4, -0.2) is 51.2 Å². The van der Waals surface area contributed by atoms with E-state index in [-0.39, 0.29) is 11.8 Å². The molecule has 7 heteroatoms. The van der Waals surface area contributed by atoms with E-state index in [0.717, 1.165) is 60.9 Å². The quantitative estimate of drug-likeness (QED) is 0.799. The van der Waals surface area contributed by atoms with Gasteiger partial charge in [-0.15, -0.1) is 11.3 Å². The molecular formula is C20H24N4O2S. The van der Waals surface area contributed by atoms with Gasteiger partial charge in [0, 0.05) is 62.1 Å². The molecule has 0 atom stereocenters. The van der Waals surface area contributed by atoms with E-state index in [0.29, 0.717) is 12.5 Å². The molecule has 27 heavy (non-hydrogen) atoms. The van der Waals surface area contributed by atoms with E-state index in [1.807, 2.05) is 35.1 Å². The highest BCUT2D eigenvalue weighted by atomic mass is 32.1. The van der Waals surface area contributed by atoms with Gasteiger partial charge in [-0.05, 0) is 31.9 Å². The van der Waals surface area contributed by atoms with Crippen LogP contribution in [0.4, 0.5) is 0 Å². The fraction of sp³-hybridized carbons (Fsp3) is 0.500. The molecule has 142 valence electrons. The normalized spacial score (nSPS) is 17.7. The van der Waals surface area contributed by atoms with E-state index >= 15 is 0 Å². The second-order valence-corrected chi connectivity index (χ2v) is 8.66. The Hall–Kier alpha value is -2.28. The topological polar surface area (TPSA) is 66.4 Å². The lowest BCUT2D eigenvalue weighted by atomic mass is 9.95. The minimum atomic E-state index is 0.0997. The highest BCUT2D eigenvalue weighted by molar-refractivity contribution is 7.13. The molecule has 0 aliphatic carbocycles. The van der Waals surface area contributed by atoms with E-state index in [1.54, 1.807) is 18.3 Å². The van der Waals surface area contributed by atoms with Crippen LogP contribution in [0.3, 0.4) is 0 Å². The lowest BCUT2D eigenvalue weighted by Gasteiger charge is -2.32. The zero-order valence-corrected chi connectivity index (χ0v) is 16.6. The molecule has 2 amide bonds. The smallest absolute Gasteiger partial charge is 0.263 e. The fourth-order valence-electron chi connectivity index (χ4n) is 3.84. The number of aryl methyl sites for hydroxylation is 1. The van der Waals surface area contributed by atoms with Gasteiger partial charge in [0.15, 0.2) is 0 Å². The highest BCUT2D eigenvalue weighted by Crippen LogP contribution is 2.28. The number of piperidine rings is 1. The zero-order chi connectivity index (χ0) is 19.0. The van der Waals surface area contributed by atoms with E-state index < -0.39 is 0 Å². The Bertz CT molecular complexity index is 871. The van der Waals surface area contributed by atoms with Crippen molar-refractivity contribution in [1.82, 2.24) is 19.8 Å². The van der Waals surface area contributed by atoms with Gasteiger partial charge in [-0.25, -0.2) is 9.97 Å². The number of rotatable bonds is 2. The highest BCUT2D eigenvalue weighted by Gasteiger charge is 2.28. The number of aromatic nitrogens is 2. The Morgan fingerprint density at radius 3 is 2.59 bits per heavy atom. The molecule has 4 heterocycles. The Morgan fingerprint density at radius 1 is 1.15 bits per heavy atom. The molecule has 0 saturated carbocycles. The first-order chi connectivity index (χ1) is 13.0. The van der Waals surface area contributed by atoms with Crippen molar-refractivity contribution in [3.8, 4) is 0 Å². The predicted molar refractivity (Wildman–Crippen MR) is 104 cm³/mol. The third-order valence-corrected chi connectivity index (χ3v) is 6.49. The largest absolute Gasteiger partial charge is 0.338 e. The Kier molecular flexibility index (Phi) is 4.95. The molecule has 0 spiro atoms. The monoisotopic (exact) mass is 384 g/mol. The molecule has 1 saturated heterocycles. The summed E-state index contributed by atoms with van der Waals surface area (Å²) in [6, 6.07) is 3.92. The van der Waals surface area contributed by atoms with E-state index in [1.165, 1.54) is 4.88 Å². The lowest BCUT2D eigenvalue weighted by Crippen LogP contribution is -2.38. The number of nitrogens with zero attached hydrogens (tertiary/aromatic N) is 4. The summed E-state index contributed by atoms with van der Waals surface area (Å²) in [4.78, 5) is 39.3. The molecule has 2 aliphatic heterocycles. The molecule has 2 aliphatic rings. The summed E-state index contributed by atoms with van der Waals surface area (Å²) >= 11 is 1.56. The van der Waals surface area contributed by atoms with E-state index in [4.69, 9.17) is 4.98 Å². The van der Waals surface area contributed by atoms with Crippen LogP contribution in [0.1, 0.15) is 57.3 Å². The maximum absolute atomic E-state index is 12.6. The Labute approximate surface area is 163 Å². The number of carbonyl (C=O) groups is 2. The second-order valence-electron chi connectivity index (χ2n) is 7.37. The van der Waals surface area contributed by atoms with Crippen molar-refractivity contribution in [2.45, 2.75) is 45.6 Å². The van der Waals surface area contributed by atoms with Crippen LogP contribution in [0.25, 0.3) is 0 Å². The fourth-order valence-corrected chi connectivity index (χ4v) is 4.68. The third-order valence-electron chi connectivity index (χ3n) is 5.50. The van der Waals surface area contributed by atoms with Crippen molar-refractivity contribution in [3.63, 3.8) is 0 Å². The molecule has 4 rings (SSSR count). The van der Waals surface area contributed by atoms with Crippen LogP contribution in [-0.2, 0) is 17.8 Å². The summed E-state index contributed by atoms with van der Waals surface area (Å²) in [5, 5.41) is 0. The number of thiophene rings is 1. The molecule has 2 aromatic rings. The minimum Gasteiger partial charge on any atom is -0.338 e. The van der Waals surface area contributed by atoms with Crippen molar-refractivity contribution in [2.24, 2.45) is 0 Å². The van der Waals surface area contributed by atoms with Crippen molar-refractivity contribution >= 4 is 23.2 Å². The van der Waals surface area contributed by atoms with Gasteiger partial charge in [0.25, 0.3) is 5.91 Å². The van der Waals surface area contributed by atoms with Crippen LogP contribution in [0, 0.1) is 6.92 Å². The average molecular weight is 385 g/mol. The van der Waals surface area contributed by atoms with Crippen LogP contribution < -0.4 is 0 Å². The predicted octanol–water partition coefficient (Wildman–Crippen LogP) is 2.77.